The molecular weight excluding hydrogens is 233 g/mol. The lowest BCUT2D eigenvalue weighted by molar-refractivity contribution is -0.123. The minimum absolute atomic E-state index is 0.346. The van der Waals surface area contributed by atoms with Gasteiger partial charge in [-0.2, -0.15) is 0 Å². The number of nitrogens with one attached hydrogen (secondary N) is 1. The van der Waals surface area contributed by atoms with Gasteiger partial charge in [0.2, 0.25) is 0 Å². The molecule has 0 fully saturated rings. The highest BCUT2D eigenvalue weighted by atomic mass is 35.5. The number of methoxy groups -OCH3 is 1. The molecule has 3 nitrogen and oxygen atoms in total. The van der Waals surface area contributed by atoms with Crippen molar-refractivity contribution < 1.29 is 13.9 Å². The maximum absolute atomic E-state index is 12.3. The first-order chi connectivity index (χ1) is 7.63. The summed E-state index contributed by atoms with van der Waals surface area (Å²) in [5.41, 5.74) is -0.977. The number of hydrogen-bond donors (Lipinski definition) is 1. The summed E-state index contributed by atoms with van der Waals surface area (Å²) < 4.78 is 17.3. The van der Waals surface area contributed by atoms with E-state index in [-0.39, 0.29) is 0 Å². The van der Waals surface area contributed by atoms with E-state index in [0.717, 1.165) is 11.3 Å². The van der Waals surface area contributed by atoms with E-state index in [0.29, 0.717) is 13.0 Å². The van der Waals surface area contributed by atoms with Crippen LogP contribution < -0.4 is 10.1 Å². The second-order valence-electron chi connectivity index (χ2n) is 3.19. The predicted octanol–water partition coefficient (Wildman–Crippen LogP) is 1.89. The molecule has 1 unspecified atom stereocenters. The molecule has 0 radical (unpaired) electrons. The third-order valence-corrected chi connectivity index (χ3v) is 2.24. The molecule has 5 heteroatoms. The molecule has 88 valence electrons. The fourth-order valence-electron chi connectivity index (χ4n) is 1.24. The molecule has 1 N–H and O–H groups in total. The van der Waals surface area contributed by atoms with Gasteiger partial charge in [0, 0.05) is 6.54 Å². The SMILES string of the molecule is COc1cccc(CCNC(=O)C(F)Cl)c1. The van der Waals surface area contributed by atoms with Crippen LogP contribution in [0.25, 0.3) is 0 Å². The molecule has 1 aromatic carbocycles. The normalized spacial score (nSPS) is 11.9. The Kier molecular flexibility index (Phi) is 5.05. The van der Waals surface area contributed by atoms with E-state index in [9.17, 15) is 9.18 Å². The standard InChI is InChI=1S/C11H13ClFNO2/c1-16-9-4-2-3-8(7-9)5-6-14-11(15)10(12)13/h2-4,7,10H,5-6H2,1H3,(H,14,15). The van der Waals surface area contributed by atoms with Crippen LogP contribution in [0.5, 0.6) is 5.75 Å². The summed E-state index contributed by atoms with van der Waals surface area (Å²) in [4.78, 5) is 10.8. The first-order valence-corrected chi connectivity index (χ1v) is 5.26. The lowest BCUT2D eigenvalue weighted by Gasteiger charge is -2.06. The molecule has 0 bridgehead atoms. The topological polar surface area (TPSA) is 38.3 Å². The number of alkyl halides is 2. The summed E-state index contributed by atoms with van der Waals surface area (Å²) in [5.74, 6) is -0.0471. The van der Waals surface area contributed by atoms with Gasteiger partial charge in [-0.1, -0.05) is 23.7 Å². The van der Waals surface area contributed by atoms with Crippen LogP contribution in [0.3, 0.4) is 0 Å². The average Bonchev–Trinajstić information content (AvgIpc) is 2.29. The monoisotopic (exact) mass is 245 g/mol. The van der Waals surface area contributed by atoms with Crippen molar-refractivity contribution in [3.05, 3.63) is 29.8 Å². The van der Waals surface area contributed by atoms with E-state index < -0.39 is 11.5 Å². The smallest absolute Gasteiger partial charge is 0.270 e. The largest absolute Gasteiger partial charge is 0.497 e. The Labute approximate surface area is 98.5 Å². The van der Waals surface area contributed by atoms with Gasteiger partial charge in [0.25, 0.3) is 11.5 Å². The first kappa shape index (κ1) is 12.8. The van der Waals surface area contributed by atoms with E-state index in [1.54, 1.807) is 7.11 Å². The zero-order valence-electron chi connectivity index (χ0n) is 8.87. The van der Waals surface area contributed by atoms with Gasteiger partial charge in [0.15, 0.2) is 0 Å². The molecule has 0 aliphatic carbocycles. The maximum atomic E-state index is 12.3. The second kappa shape index (κ2) is 6.33. The minimum Gasteiger partial charge on any atom is -0.497 e. The summed E-state index contributed by atoms with van der Waals surface area (Å²) in [5, 5.41) is 2.38. The molecule has 16 heavy (non-hydrogen) atoms. The third-order valence-electron chi connectivity index (χ3n) is 2.05. The molecule has 1 atom stereocenters. The van der Waals surface area contributed by atoms with Crippen LogP contribution in [0, 0.1) is 0 Å². The van der Waals surface area contributed by atoms with Gasteiger partial charge in [-0.25, -0.2) is 4.39 Å². The third kappa shape index (κ3) is 4.06. The Balaban J connectivity index is 2.40. The number of hydrogen-bond acceptors (Lipinski definition) is 2. The van der Waals surface area contributed by atoms with Crippen molar-refractivity contribution in [2.75, 3.05) is 13.7 Å². The number of carbonyl (C=O) groups is 1. The summed E-state index contributed by atoms with van der Waals surface area (Å²) in [6, 6.07) is 7.45. The van der Waals surface area contributed by atoms with E-state index >= 15 is 0 Å². The molecule has 0 spiro atoms. The van der Waals surface area contributed by atoms with Gasteiger partial charge in [0.1, 0.15) is 5.75 Å². The quantitative estimate of drug-likeness (QED) is 0.805. The van der Waals surface area contributed by atoms with Gasteiger partial charge >= 0.3 is 0 Å². The molecular formula is C11H13ClFNO2. The van der Waals surface area contributed by atoms with Crippen LogP contribution in [-0.4, -0.2) is 25.2 Å². The van der Waals surface area contributed by atoms with E-state index in [2.05, 4.69) is 5.32 Å². The zero-order chi connectivity index (χ0) is 12.0. The highest BCUT2D eigenvalue weighted by Gasteiger charge is 2.11. The average molecular weight is 246 g/mol. The van der Waals surface area contributed by atoms with Crippen LogP contribution in [0.1, 0.15) is 5.56 Å². The van der Waals surface area contributed by atoms with E-state index in [1.165, 1.54) is 0 Å². The molecule has 1 amide bonds. The molecule has 0 heterocycles. The fourth-order valence-corrected chi connectivity index (χ4v) is 1.31. The summed E-state index contributed by atoms with van der Waals surface area (Å²) in [6.45, 7) is 0.346. The Morgan fingerprint density at radius 1 is 1.62 bits per heavy atom. The highest BCUT2D eigenvalue weighted by Crippen LogP contribution is 2.12. The molecule has 0 saturated carbocycles. The lowest BCUT2D eigenvalue weighted by Crippen LogP contribution is -2.30. The van der Waals surface area contributed by atoms with Crippen LogP contribution >= 0.6 is 11.6 Å². The first-order valence-electron chi connectivity index (χ1n) is 4.82. The Morgan fingerprint density at radius 2 is 2.38 bits per heavy atom. The predicted molar refractivity (Wildman–Crippen MR) is 60.5 cm³/mol. The van der Waals surface area contributed by atoms with Crippen molar-refractivity contribution >= 4 is 17.5 Å². The fraction of sp³-hybridized carbons (Fsp3) is 0.364. The van der Waals surface area contributed by atoms with Crippen molar-refractivity contribution in [1.29, 1.82) is 0 Å². The number of ether oxygens (including phenoxy) is 1. The second-order valence-corrected chi connectivity index (χ2v) is 3.58. The van der Waals surface area contributed by atoms with Crippen LogP contribution in [0.2, 0.25) is 0 Å². The summed E-state index contributed by atoms with van der Waals surface area (Å²) >= 11 is 4.96. The lowest BCUT2D eigenvalue weighted by atomic mass is 10.1. The molecule has 0 aliphatic heterocycles. The molecule has 0 aromatic heterocycles. The van der Waals surface area contributed by atoms with E-state index in [1.807, 2.05) is 24.3 Å². The molecule has 1 rings (SSSR count). The number of carbonyl (C=O) groups excluding carboxylic acids is 1. The highest BCUT2D eigenvalue weighted by molar-refractivity contribution is 6.29. The van der Waals surface area contributed by atoms with Crippen molar-refractivity contribution in [2.45, 2.75) is 12.1 Å². The maximum Gasteiger partial charge on any atom is 0.270 e. The Morgan fingerprint density at radius 3 is 3.00 bits per heavy atom. The summed E-state index contributed by atoms with van der Waals surface area (Å²) in [7, 11) is 1.59. The van der Waals surface area contributed by atoms with Crippen molar-refractivity contribution in [2.24, 2.45) is 0 Å². The number of amides is 1. The van der Waals surface area contributed by atoms with Crippen molar-refractivity contribution in [1.82, 2.24) is 5.32 Å². The number of benzene rings is 1. The van der Waals surface area contributed by atoms with Gasteiger partial charge in [-0.05, 0) is 24.1 Å². The number of rotatable bonds is 5. The van der Waals surface area contributed by atoms with Gasteiger partial charge < -0.3 is 10.1 Å². The van der Waals surface area contributed by atoms with E-state index in [4.69, 9.17) is 16.3 Å². The zero-order valence-corrected chi connectivity index (χ0v) is 9.63. The Hall–Kier alpha value is -1.29. The molecule has 1 aromatic rings. The van der Waals surface area contributed by atoms with Crippen molar-refractivity contribution in [3.63, 3.8) is 0 Å². The molecule has 0 aliphatic rings. The van der Waals surface area contributed by atoms with Crippen LogP contribution in [-0.2, 0) is 11.2 Å². The Bertz CT molecular complexity index is 358. The summed E-state index contributed by atoms with van der Waals surface area (Å²) in [6.07, 6.45) is 0.604. The molecule has 0 saturated heterocycles. The van der Waals surface area contributed by atoms with Crippen molar-refractivity contribution in [3.8, 4) is 5.75 Å². The van der Waals surface area contributed by atoms with Gasteiger partial charge in [-0.3, -0.25) is 4.79 Å². The number of halogens is 2. The van der Waals surface area contributed by atoms with Crippen LogP contribution in [0.15, 0.2) is 24.3 Å². The van der Waals surface area contributed by atoms with Gasteiger partial charge in [0.05, 0.1) is 7.11 Å². The minimum atomic E-state index is -1.98. The van der Waals surface area contributed by atoms with Gasteiger partial charge in [-0.15, -0.1) is 0 Å². The van der Waals surface area contributed by atoms with Crippen LogP contribution in [0.4, 0.5) is 4.39 Å².